The molecule has 0 spiro atoms. The van der Waals surface area contributed by atoms with Gasteiger partial charge in [0.2, 0.25) is 0 Å². The number of thioether (sulfide) groups is 1. The SMILES string of the molecule is CCCCCCCOc1ccc(C=C2SC(=S)N(N(C)C)C2=O)cc1OC. The minimum atomic E-state index is -0.110. The summed E-state index contributed by atoms with van der Waals surface area (Å²) in [5, 5.41) is 3.18. The Labute approximate surface area is 171 Å². The molecule has 0 atom stereocenters. The highest BCUT2D eigenvalue weighted by Gasteiger charge is 2.33. The average molecular weight is 409 g/mol. The predicted molar refractivity (Wildman–Crippen MR) is 116 cm³/mol. The molecule has 0 unspecified atom stereocenters. The number of hydrazine groups is 1. The first-order chi connectivity index (χ1) is 13.0. The fourth-order valence-electron chi connectivity index (χ4n) is 2.74. The van der Waals surface area contributed by atoms with E-state index in [1.54, 1.807) is 26.2 Å². The maximum Gasteiger partial charge on any atom is 0.280 e. The second kappa shape index (κ2) is 10.7. The fraction of sp³-hybridized carbons (Fsp3) is 0.500. The minimum absolute atomic E-state index is 0.110. The summed E-state index contributed by atoms with van der Waals surface area (Å²) in [4.78, 5) is 13.1. The topological polar surface area (TPSA) is 42.0 Å². The Morgan fingerprint density at radius 1 is 1.19 bits per heavy atom. The van der Waals surface area contributed by atoms with Gasteiger partial charge in [0.15, 0.2) is 15.8 Å². The summed E-state index contributed by atoms with van der Waals surface area (Å²) in [6.45, 7) is 2.89. The maximum absolute atomic E-state index is 12.5. The highest BCUT2D eigenvalue weighted by Crippen LogP contribution is 2.35. The van der Waals surface area contributed by atoms with Crippen LogP contribution in [0.1, 0.15) is 44.6 Å². The number of rotatable bonds is 10. The molecule has 1 aromatic carbocycles. The quantitative estimate of drug-likeness (QED) is 0.317. The van der Waals surface area contributed by atoms with Gasteiger partial charge in [-0.2, -0.15) is 0 Å². The van der Waals surface area contributed by atoms with E-state index in [2.05, 4.69) is 6.92 Å². The van der Waals surface area contributed by atoms with E-state index < -0.39 is 0 Å². The number of nitrogens with zero attached hydrogens (tertiary/aromatic N) is 2. The third-order valence-electron chi connectivity index (χ3n) is 4.16. The summed E-state index contributed by atoms with van der Waals surface area (Å²) < 4.78 is 11.9. The first-order valence-corrected chi connectivity index (χ1v) is 10.5. The summed E-state index contributed by atoms with van der Waals surface area (Å²) in [7, 11) is 5.22. The van der Waals surface area contributed by atoms with E-state index in [0.29, 0.717) is 21.6 Å². The van der Waals surface area contributed by atoms with Crippen LogP contribution in [0.2, 0.25) is 0 Å². The van der Waals surface area contributed by atoms with Crippen LogP contribution >= 0.6 is 24.0 Å². The van der Waals surface area contributed by atoms with E-state index in [0.717, 1.165) is 17.7 Å². The molecule has 1 amide bonds. The zero-order valence-corrected chi connectivity index (χ0v) is 18.1. The fourth-order valence-corrected chi connectivity index (χ4v) is 4.14. The summed E-state index contributed by atoms with van der Waals surface area (Å²) in [6, 6.07) is 5.70. The Balaban J connectivity index is 2.03. The van der Waals surface area contributed by atoms with Crippen molar-refractivity contribution in [3.05, 3.63) is 28.7 Å². The molecule has 148 valence electrons. The molecule has 1 aliphatic heterocycles. The zero-order valence-electron chi connectivity index (χ0n) is 16.5. The van der Waals surface area contributed by atoms with Crippen molar-refractivity contribution in [3.63, 3.8) is 0 Å². The van der Waals surface area contributed by atoms with Gasteiger partial charge < -0.3 is 9.47 Å². The zero-order chi connectivity index (χ0) is 19.8. The third kappa shape index (κ3) is 5.96. The summed E-state index contributed by atoms with van der Waals surface area (Å²) in [6.07, 6.45) is 7.82. The van der Waals surface area contributed by atoms with Gasteiger partial charge in [-0.3, -0.25) is 4.79 Å². The van der Waals surface area contributed by atoms with Crippen molar-refractivity contribution in [2.45, 2.75) is 39.0 Å². The number of hydrogen-bond donors (Lipinski definition) is 0. The van der Waals surface area contributed by atoms with Crippen LogP contribution in [-0.4, -0.2) is 48.1 Å². The van der Waals surface area contributed by atoms with Gasteiger partial charge in [0, 0.05) is 14.1 Å². The summed E-state index contributed by atoms with van der Waals surface area (Å²) in [5.41, 5.74) is 0.876. The van der Waals surface area contributed by atoms with Crippen molar-refractivity contribution in [3.8, 4) is 11.5 Å². The van der Waals surface area contributed by atoms with Crippen LogP contribution in [0.5, 0.6) is 11.5 Å². The monoisotopic (exact) mass is 408 g/mol. The van der Waals surface area contributed by atoms with Crippen molar-refractivity contribution in [1.82, 2.24) is 10.0 Å². The minimum Gasteiger partial charge on any atom is -0.493 e. The molecule has 0 aromatic heterocycles. The highest BCUT2D eigenvalue weighted by molar-refractivity contribution is 8.26. The van der Waals surface area contributed by atoms with E-state index >= 15 is 0 Å². The van der Waals surface area contributed by atoms with Crippen molar-refractivity contribution in [2.75, 3.05) is 27.8 Å². The molecule has 5 nitrogen and oxygen atoms in total. The third-order valence-corrected chi connectivity index (χ3v) is 5.45. The van der Waals surface area contributed by atoms with Crippen LogP contribution in [0.4, 0.5) is 0 Å². The van der Waals surface area contributed by atoms with Gasteiger partial charge in [-0.05, 0) is 30.2 Å². The van der Waals surface area contributed by atoms with Crippen LogP contribution in [-0.2, 0) is 4.79 Å². The van der Waals surface area contributed by atoms with Crippen molar-refractivity contribution >= 4 is 40.3 Å². The average Bonchev–Trinajstić information content (AvgIpc) is 2.92. The number of amides is 1. The Morgan fingerprint density at radius 2 is 1.93 bits per heavy atom. The van der Waals surface area contributed by atoms with Crippen LogP contribution in [0.3, 0.4) is 0 Å². The van der Waals surface area contributed by atoms with Crippen LogP contribution in [0, 0.1) is 0 Å². The van der Waals surface area contributed by atoms with E-state index in [4.69, 9.17) is 21.7 Å². The molecular weight excluding hydrogens is 380 g/mol. The number of thiocarbonyl (C=S) groups is 1. The lowest BCUT2D eigenvalue weighted by atomic mass is 10.1. The van der Waals surface area contributed by atoms with Gasteiger partial charge in [-0.15, -0.1) is 0 Å². The molecule has 1 aromatic rings. The molecule has 1 aliphatic rings. The molecule has 0 bridgehead atoms. The van der Waals surface area contributed by atoms with E-state index in [1.165, 1.54) is 42.5 Å². The number of carbonyl (C=O) groups is 1. The van der Waals surface area contributed by atoms with Gasteiger partial charge in [0.1, 0.15) is 0 Å². The molecule has 0 radical (unpaired) electrons. The number of benzene rings is 1. The molecule has 1 heterocycles. The Hall–Kier alpha value is -1.57. The smallest absolute Gasteiger partial charge is 0.280 e. The number of unbranched alkanes of at least 4 members (excludes halogenated alkanes) is 4. The second-order valence-corrected chi connectivity index (χ2v) is 8.19. The number of ether oxygens (including phenoxy) is 2. The molecule has 0 aliphatic carbocycles. The lowest BCUT2D eigenvalue weighted by Gasteiger charge is -2.21. The lowest BCUT2D eigenvalue weighted by Crippen LogP contribution is -2.39. The largest absolute Gasteiger partial charge is 0.493 e. The summed E-state index contributed by atoms with van der Waals surface area (Å²) in [5.74, 6) is 1.28. The number of hydrogen-bond acceptors (Lipinski definition) is 6. The van der Waals surface area contributed by atoms with Gasteiger partial charge in [-0.1, -0.05) is 62.7 Å². The Bertz CT molecular complexity index is 704. The van der Waals surface area contributed by atoms with E-state index in [9.17, 15) is 4.79 Å². The molecule has 27 heavy (non-hydrogen) atoms. The van der Waals surface area contributed by atoms with Crippen LogP contribution in [0.25, 0.3) is 6.08 Å². The Morgan fingerprint density at radius 3 is 2.56 bits per heavy atom. The number of carbonyl (C=O) groups excluding carboxylic acids is 1. The van der Waals surface area contributed by atoms with Crippen LogP contribution < -0.4 is 9.47 Å². The van der Waals surface area contributed by atoms with Crippen molar-refractivity contribution < 1.29 is 14.3 Å². The van der Waals surface area contributed by atoms with Crippen molar-refractivity contribution in [2.24, 2.45) is 0 Å². The summed E-state index contributed by atoms with van der Waals surface area (Å²) >= 11 is 6.58. The normalized spacial score (nSPS) is 15.9. The van der Waals surface area contributed by atoms with Crippen molar-refractivity contribution in [1.29, 1.82) is 0 Å². The first kappa shape index (κ1) is 21.7. The number of methoxy groups -OCH3 is 1. The van der Waals surface area contributed by atoms with Gasteiger partial charge >= 0.3 is 0 Å². The second-order valence-electron chi connectivity index (χ2n) is 6.51. The van der Waals surface area contributed by atoms with Gasteiger partial charge in [-0.25, -0.2) is 10.0 Å². The highest BCUT2D eigenvalue weighted by atomic mass is 32.2. The molecule has 0 saturated carbocycles. The first-order valence-electron chi connectivity index (χ1n) is 9.24. The molecule has 2 rings (SSSR count). The van der Waals surface area contributed by atoms with Gasteiger partial charge in [0.25, 0.3) is 5.91 Å². The predicted octanol–water partition coefficient (Wildman–Crippen LogP) is 4.72. The lowest BCUT2D eigenvalue weighted by molar-refractivity contribution is -0.130. The molecule has 1 saturated heterocycles. The van der Waals surface area contributed by atoms with E-state index in [1.807, 2.05) is 24.3 Å². The molecule has 1 fully saturated rings. The van der Waals surface area contributed by atoms with E-state index in [-0.39, 0.29) is 5.91 Å². The standard InChI is InChI=1S/C20H28N2O3S2/c1-5-6-7-8-9-12-25-16-11-10-15(13-17(16)24-4)14-18-19(23)22(21(2)3)20(26)27-18/h10-11,13-14H,5-9,12H2,1-4H3. The molecule has 7 heteroatoms. The Kier molecular flexibility index (Phi) is 8.60. The van der Waals surface area contributed by atoms with Crippen LogP contribution in [0.15, 0.2) is 23.1 Å². The molecular formula is C20H28N2O3S2. The van der Waals surface area contributed by atoms with Gasteiger partial charge in [0.05, 0.1) is 18.6 Å². The maximum atomic E-state index is 12.5. The molecule has 0 N–H and O–H groups in total.